The molecule has 6 nitrogen and oxygen atoms in total. The van der Waals surface area contributed by atoms with Crippen molar-refractivity contribution in [3.8, 4) is 5.75 Å². The second kappa shape index (κ2) is 10.4. The molecule has 1 aromatic heterocycles. The first kappa shape index (κ1) is 22.1. The zero-order valence-corrected chi connectivity index (χ0v) is 18.3. The zero-order valence-electron chi connectivity index (χ0n) is 17.5. The molecule has 1 aromatic carbocycles. The van der Waals surface area contributed by atoms with E-state index in [0.717, 1.165) is 74.8 Å². The Morgan fingerprint density at radius 3 is 2.97 bits per heavy atom. The Bertz CT molecular complexity index is 782. The maximum absolute atomic E-state index is 5.95. The van der Waals surface area contributed by atoms with Crippen LogP contribution in [-0.4, -0.2) is 47.2 Å². The lowest BCUT2D eigenvalue weighted by atomic mass is 9.82. The van der Waals surface area contributed by atoms with E-state index in [1.807, 2.05) is 18.2 Å². The average Bonchev–Trinajstić information content (AvgIpc) is 3.14. The molecule has 2 fully saturated rings. The van der Waals surface area contributed by atoms with Crippen LogP contribution in [0.4, 0.5) is 0 Å². The van der Waals surface area contributed by atoms with Crippen molar-refractivity contribution in [2.75, 3.05) is 20.3 Å². The molecule has 2 heterocycles. The number of fused-ring (bicyclic) bond motifs is 1. The summed E-state index contributed by atoms with van der Waals surface area (Å²) in [6.07, 6.45) is 6.67. The van der Waals surface area contributed by atoms with Crippen LogP contribution in [0.1, 0.15) is 62.2 Å². The number of ether oxygens (including phenoxy) is 2. The van der Waals surface area contributed by atoms with Crippen LogP contribution in [0.5, 0.6) is 5.75 Å². The van der Waals surface area contributed by atoms with Gasteiger partial charge in [0, 0.05) is 37.0 Å². The second-order valence-corrected chi connectivity index (χ2v) is 7.93. The number of hydrogen-bond donors (Lipinski definition) is 1. The molecule has 29 heavy (non-hydrogen) atoms. The van der Waals surface area contributed by atoms with Gasteiger partial charge in [0.05, 0.1) is 19.8 Å². The van der Waals surface area contributed by atoms with Gasteiger partial charge in [0.1, 0.15) is 11.6 Å². The molecule has 1 saturated carbocycles. The quantitative estimate of drug-likeness (QED) is 0.739. The minimum atomic E-state index is 0. The van der Waals surface area contributed by atoms with E-state index in [9.17, 15) is 0 Å². The Balaban J connectivity index is 0.00000240. The van der Waals surface area contributed by atoms with Crippen LogP contribution in [0.25, 0.3) is 0 Å². The summed E-state index contributed by atoms with van der Waals surface area (Å²) in [6.45, 7) is 4.96. The molecule has 7 heteroatoms. The number of methoxy groups -OCH3 is 1. The molecule has 0 spiro atoms. The second-order valence-electron chi connectivity index (χ2n) is 7.93. The molecule has 160 valence electrons. The highest BCUT2D eigenvalue weighted by Gasteiger charge is 2.35. The minimum absolute atomic E-state index is 0. The summed E-state index contributed by atoms with van der Waals surface area (Å²) in [5.74, 6) is 3.40. The number of unbranched alkanes of at least 4 members (excludes halogenated alkanes) is 1. The predicted octanol–water partition coefficient (Wildman–Crippen LogP) is 3.72. The fourth-order valence-electron chi connectivity index (χ4n) is 4.52. The summed E-state index contributed by atoms with van der Waals surface area (Å²) in [4.78, 5) is 5.02. The third kappa shape index (κ3) is 5.11. The van der Waals surface area contributed by atoms with E-state index in [1.54, 1.807) is 7.11 Å². The van der Waals surface area contributed by atoms with E-state index < -0.39 is 0 Å². The van der Waals surface area contributed by atoms with Gasteiger partial charge in [-0.15, -0.1) is 12.4 Å². The molecule has 1 saturated heterocycles. The van der Waals surface area contributed by atoms with Crippen molar-refractivity contribution in [1.29, 1.82) is 0 Å². The molecule has 1 N–H and O–H groups in total. The lowest BCUT2D eigenvalue weighted by Gasteiger charge is -2.39. The highest BCUT2D eigenvalue weighted by Crippen LogP contribution is 2.35. The molecule has 4 rings (SSSR count). The lowest BCUT2D eigenvalue weighted by Crippen LogP contribution is -2.51. The highest BCUT2D eigenvalue weighted by molar-refractivity contribution is 5.85. The Morgan fingerprint density at radius 1 is 1.28 bits per heavy atom. The first-order valence-electron chi connectivity index (χ1n) is 10.7. The van der Waals surface area contributed by atoms with Crippen LogP contribution in [0.15, 0.2) is 24.3 Å². The number of benzene rings is 1. The number of aryl methyl sites for hydroxylation is 1. The Labute approximate surface area is 179 Å². The predicted molar refractivity (Wildman–Crippen MR) is 116 cm³/mol. The lowest BCUT2D eigenvalue weighted by molar-refractivity contribution is -0.0282. The summed E-state index contributed by atoms with van der Waals surface area (Å²) in [5.41, 5.74) is 1.13. The summed E-state index contributed by atoms with van der Waals surface area (Å²) < 4.78 is 13.6. The molecule has 0 bridgehead atoms. The number of aromatic nitrogens is 3. The molecular weight excluding hydrogens is 388 g/mol. The largest absolute Gasteiger partial charge is 0.496 e. The first-order valence-corrected chi connectivity index (χ1v) is 10.7. The normalized spacial score (nSPS) is 23.9. The topological polar surface area (TPSA) is 61.2 Å². The fourth-order valence-corrected chi connectivity index (χ4v) is 4.52. The van der Waals surface area contributed by atoms with E-state index >= 15 is 0 Å². The molecule has 3 atom stereocenters. The van der Waals surface area contributed by atoms with E-state index in [-0.39, 0.29) is 12.4 Å². The molecule has 0 radical (unpaired) electrons. The van der Waals surface area contributed by atoms with Crippen molar-refractivity contribution in [2.24, 2.45) is 0 Å². The number of morpholine rings is 1. The zero-order chi connectivity index (χ0) is 19.3. The van der Waals surface area contributed by atoms with E-state index in [2.05, 4.69) is 23.0 Å². The molecule has 1 aliphatic carbocycles. The Morgan fingerprint density at radius 2 is 2.14 bits per heavy atom. The summed E-state index contributed by atoms with van der Waals surface area (Å²) in [5, 5.41) is 8.54. The van der Waals surface area contributed by atoms with Gasteiger partial charge in [-0.2, -0.15) is 5.10 Å². The summed E-state index contributed by atoms with van der Waals surface area (Å²) >= 11 is 0. The minimum Gasteiger partial charge on any atom is -0.496 e. The van der Waals surface area contributed by atoms with Crippen LogP contribution in [0.3, 0.4) is 0 Å². The van der Waals surface area contributed by atoms with Crippen LogP contribution in [0.2, 0.25) is 0 Å². The van der Waals surface area contributed by atoms with Gasteiger partial charge in [0.2, 0.25) is 0 Å². The maximum Gasteiger partial charge on any atom is 0.155 e. The number of para-hydroxylation sites is 1. The van der Waals surface area contributed by atoms with Crippen molar-refractivity contribution in [3.05, 3.63) is 41.5 Å². The molecule has 0 unspecified atom stereocenters. The smallest absolute Gasteiger partial charge is 0.155 e. The third-order valence-corrected chi connectivity index (χ3v) is 6.00. The molecule has 2 aromatic rings. The van der Waals surface area contributed by atoms with Crippen LogP contribution < -0.4 is 10.1 Å². The van der Waals surface area contributed by atoms with Crippen molar-refractivity contribution >= 4 is 12.4 Å². The van der Waals surface area contributed by atoms with Gasteiger partial charge in [0.25, 0.3) is 0 Å². The van der Waals surface area contributed by atoms with E-state index in [1.165, 1.54) is 0 Å². The molecule has 1 aliphatic heterocycles. The highest BCUT2D eigenvalue weighted by atomic mass is 35.5. The van der Waals surface area contributed by atoms with Crippen LogP contribution >= 0.6 is 12.4 Å². The van der Waals surface area contributed by atoms with Gasteiger partial charge in [0.15, 0.2) is 5.82 Å². The van der Waals surface area contributed by atoms with Gasteiger partial charge in [-0.05, 0) is 31.7 Å². The fraction of sp³-hybridized carbons (Fsp3) is 0.636. The van der Waals surface area contributed by atoms with Gasteiger partial charge in [-0.25, -0.2) is 9.67 Å². The van der Waals surface area contributed by atoms with E-state index in [4.69, 9.17) is 19.6 Å². The maximum atomic E-state index is 5.95. The van der Waals surface area contributed by atoms with Crippen LogP contribution in [-0.2, 0) is 17.7 Å². The number of hydrogen-bond acceptors (Lipinski definition) is 5. The first-order chi connectivity index (χ1) is 13.8. The van der Waals surface area contributed by atoms with Crippen LogP contribution in [0, 0.1) is 0 Å². The Kier molecular flexibility index (Phi) is 7.92. The van der Waals surface area contributed by atoms with Gasteiger partial charge in [-0.1, -0.05) is 31.5 Å². The van der Waals surface area contributed by atoms with Crippen molar-refractivity contribution in [3.63, 3.8) is 0 Å². The van der Waals surface area contributed by atoms with E-state index in [0.29, 0.717) is 24.5 Å². The monoisotopic (exact) mass is 420 g/mol. The van der Waals surface area contributed by atoms with Gasteiger partial charge < -0.3 is 14.8 Å². The number of rotatable bonds is 7. The SMILES string of the molecule is CCCCn1nc(Cc2ccccc2OC)nc1[C@H]1CC[C@H]2OCCN[C@@H]2C1.Cl. The van der Waals surface area contributed by atoms with Gasteiger partial charge in [-0.3, -0.25) is 0 Å². The third-order valence-electron chi connectivity index (χ3n) is 6.00. The van der Waals surface area contributed by atoms with Crippen molar-refractivity contribution in [1.82, 2.24) is 20.1 Å². The molecule has 2 aliphatic rings. The summed E-state index contributed by atoms with van der Waals surface area (Å²) in [7, 11) is 1.72. The summed E-state index contributed by atoms with van der Waals surface area (Å²) in [6, 6.07) is 8.59. The standard InChI is InChI=1S/C22H32N4O2.ClH/c1-3-4-12-26-22(17-9-10-20-18(14-17)23-11-13-28-20)24-21(25-26)15-16-7-5-6-8-19(16)27-2;/h5-8,17-18,20,23H,3-4,9-15H2,1-2H3;1H/t17-,18+,20+;/m0./s1. The molecular formula is C22H33ClN4O2. The average molecular weight is 421 g/mol. The number of halogens is 1. The number of nitrogens with zero attached hydrogens (tertiary/aromatic N) is 3. The van der Waals surface area contributed by atoms with Crippen molar-refractivity contribution in [2.45, 2.75) is 70.1 Å². The van der Waals surface area contributed by atoms with Crippen molar-refractivity contribution < 1.29 is 9.47 Å². The number of nitrogens with one attached hydrogen (secondary N) is 1. The Hall–Kier alpha value is -1.63. The molecule has 0 amide bonds. The van der Waals surface area contributed by atoms with Gasteiger partial charge >= 0.3 is 0 Å².